The van der Waals surface area contributed by atoms with Gasteiger partial charge in [0.05, 0.1) is 22.1 Å². The van der Waals surface area contributed by atoms with Crippen LogP contribution in [0.1, 0.15) is 23.7 Å². The molecule has 1 atom stereocenters. The monoisotopic (exact) mass is 381 g/mol. The SMILES string of the molecule is CN([C@@]1(C)CCS(=O)(=O)C1)S(=O)(=O)c1cc(C(=O)O)ccc1Cl. The normalized spacial score (nSPS) is 24.0. The van der Waals surface area contributed by atoms with Crippen LogP contribution in [0.15, 0.2) is 23.1 Å². The van der Waals surface area contributed by atoms with Crippen LogP contribution in [0.4, 0.5) is 0 Å². The molecule has 0 aliphatic carbocycles. The van der Waals surface area contributed by atoms with E-state index in [0.717, 1.165) is 10.4 Å². The zero-order chi connectivity index (χ0) is 17.6. The number of rotatable bonds is 4. The number of sulfone groups is 1. The summed E-state index contributed by atoms with van der Waals surface area (Å²) in [6.07, 6.45) is 0.168. The van der Waals surface area contributed by atoms with Gasteiger partial charge in [-0.1, -0.05) is 11.6 Å². The Balaban J connectivity index is 2.50. The minimum absolute atomic E-state index is 0.0910. The van der Waals surface area contributed by atoms with Crippen molar-refractivity contribution in [1.29, 1.82) is 0 Å². The minimum atomic E-state index is -4.14. The van der Waals surface area contributed by atoms with E-state index in [1.807, 2.05) is 0 Å². The number of halogens is 1. The van der Waals surface area contributed by atoms with Gasteiger partial charge in [-0.25, -0.2) is 21.6 Å². The molecule has 0 bridgehead atoms. The predicted octanol–water partition coefficient (Wildman–Crippen LogP) is 1.24. The summed E-state index contributed by atoms with van der Waals surface area (Å²) in [5.41, 5.74) is -1.31. The Morgan fingerprint density at radius 2 is 2.00 bits per heavy atom. The van der Waals surface area contributed by atoms with Crippen molar-refractivity contribution in [2.24, 2.45) is 0 Å². The molecule has 1 aromatic rings. The van der Waals surface area contributed by atoms with Gasteiger partial charge in [-0.15, -0.1) is 0 Å². The van der Waals surface area contributed by atoms with Gasteiger partial charge in [0, 0.05) is 12.6 Å². The minimum Gasteiger partial charge on any atom is -0.478 e. The highest BCUT2D eigenvalue weighted by atomic mass is 35.5. The number of aromatic carboxylic acids is 1. The number of carboxylic acid groups (broad SMARTS) is 1. The molecule has 0 unspecified atom stereocenters. The topological polar surface area (TPSA) is 109 Å². The molecule has 0 amide bonds. The molecule has 10 heteroatoms. The predicted molar refractivity (Wildman–Crippen MR) is 85.0 cm³/mol. The van der Waals surface area contributed by atoms with Crippen molar-refractivity contribution in [2.45, 2.75) is 23.8 Å². The van der Waals surface area contributed by atoms with Crippen molar-refractivity contribution in [3.63, 3.8) is 0 Å². The lowest BCUT2D eigenvalue weighted by Crippen LogP contribution is -2.48. The molecule has 128 valence electrons. The second-order valence-electron chi connectivity index (χ2n) is 5.76. The lowest BCUT2D eigenvalue weighted by molar-refractivity contribution is 0.0696. The molecule has 23 heavy (non-hydrogen) atoms. The smallest absolute Gasteiger partial charge is 0.335 e. The largest absolute Gasteiger partial charge is 0.478 e. The lowest BCUT2D eigenvalue weighted by atomic mass is 10.0. The van der Waals surface area contributed by atoms with E-state index in [1.54, 1.807) is 6.92 Å². The molecular weight excluding hydrogens is 366 g/mol. The molecule has 1 aliphatic rings. The van der Waals surface area contributed by atoms with Gasteiger partial charge < -0.3 is 5.11 Å². The van der Waals surface area contributed by atoms with E-state index < -0.39 is 31.4 Å². The van der Waals surface area contributed by atoms with Crippen molar-refractivity contribution < 1.29 is 26.7 Å². The van der Waals surface area contributed by atoms with E-state index in [9.17, 15) is 21.6 Å². The Kier molecular flexibility index (Phi) is 4.53. The van der Waals surface area contributed by atoms with Crippen LogP contribution in [0.5, 0.6) is 0 Å². The second kappa shape index (κ2) is 5.73. The molecule has 1 aliphatic heterocycles. The lowest BCUT2D eigenvalue weighted by Gasteiger charge is -2.33. The van der Waals surface area contributed by atoms with Crippen molar-refractivity contribution in [3.05, 3.63) is 28.8 Å². The van der Waals surface area contributed by atoms with Gasteiger partial charge in [-0.2, -0.15) is 4.31 Å². The van der Waals surface area contributed by atoms with E-state index in [2.05, 4.69) is 0 Å². The highest BCUT2D eigenvalue weighted by Crippen LogP contribution is 2.34. The zero-order valence-corrected chi connectivity index (χ0v) is 14.9. The van der Waals surface area contributed by atoms with Crippen molar-refractivity contribution >= 4 is 37.4 Å². The summed E-state index contributed by atoms with van der Waals surface area (Å²) in [6, 6.07) is 3.37. The maximum Gasteiger partial charge on any atom is 0.335 e. The molecule has 1 N–H and O–H groups in total. The fourth-order valence-electron chi connectivity index (χ4n) is 2.51. The van der Waals surface area contributed by atoms with E-state index in [-0.39, 0.29) is 33.4 Å². The fraction of sp³-hybridized carbons (Fsp3) is 0.462. The summed E-state index contributed by atoms with van der Waals surface area (Å²) >= 11 is 5.92. The molecule has 0 saturated carbocycles. The van der Waals surface area contributed by atoms with Crippen LogP contribution in [0.3, 0.4) is 0 Å². The van der Waals surface area contributed by atoms with Crippen molar-refractivity contribution in [3.8, 4) is 0 Å². The number of benzene rings is 1. The first-order valence-corrected chi connectivity index (χ1v) is 10.3. The number of hydrogen-bond acceptors (Lipinski definition) is 5. The van der Waals surface area contributed by atoms with Crippen LogP contribution in [0.25, 0.3) is 0 Å². The number of nitrogens with zero attached hydrogens (tertiary/aromatic N) is 1. The second-order valence-corrected chi connectivity index (χ2v) is 10.3. The maximum atomic E-state index is 12.8. The summed E-state index contributed by atoms with van der Waals surface area (Å²) in [5.74, 6) is -1.66. The van der Waals surface area contributed by atoms with E-state index in [4.69, 9.17) is 16.7 Å². The summed E-state index contributed by atoms with van der Waals surface area (Å²) in [5, 5.41) is 8.89. The highest BCUT2D eigenvalue weighted by Gasteiger charge is 2.46. The molecular formula is C13H16ClNO6S2. The molecule has 0 aromatic heterocycles. The van der Waals surface area contributed by atoms with Gasteiger partial charge in [-0.3, -0.25) is 0 Å². The van der Waals surface area contributed by atoms with Crippen LogP contribution in [0, 0.1) is 0 Å². The summed E-state index contributed by atoms with van der Waals surface area (Å²) in [4.78, 5) is 10.7. The van der Waals surface area contributed by atoms with Gasteiger partial charge >= 0.3 is 5.97 Å². The van der Waals surface area contributed by atoms with Gasteiger partial charge in [0.2, 0.25) is 10.0 Å². The van der Waals surface area contributed by atoms with Crippen LogP contribution >= 0.6 is 11.6 Å². The summed E-state index contributed by atoms with van der Waals surface area (Å²) < 4.78 is 49.9. The van der Waals surface area contributed by atoms with Crippen LogP contribution in [-0.2, 0) is 19.9 Å². The quantitative estimate of drug-likeness (QED) is 0.840. The third-order valence-electron chi connectivity index (χ3n) is 4.06. The van der Waals surface area contributed by atoms with Gasteiger partial charge in [0.15, 0.2) is 9.84 Å². The Morgan fingerprint density at radius 1 is 1.39 bits per heavy atom. The highest BCUT2D eigenvalue weighted by molar-refractivity contribution is 7.92. The Labute approximate surface area is 139 Å². The number of carboxylic acids is 1. The van der Waals surface area contributed by atoms with Crippen LogP contribution in [0.2, 0.25) is 5.02 Å². The standard InChI is InChI=1S/C13H16ClNO6S2/c1-13(5-6-22(18,19)8-13)15(2)23(20,21)11-7-9(12(16)17)3-4-10(11)14/h3-4,7H,5-6,8H2,1-2H3,(H,16,17)/t13-/m0/s1. The van der Waals surface area contributed by atoms with Gasteiger partial charge in [0.25, 0.3) is 0 Å². The molecule has 2 rings (SSSR count). The number of carbonyl (C=O) groups is 1. The molecule has 0 spiro atoms. The first-order chi connectivity index (χ1) is 10.4. The Bertz CT molecular complexity index is 864. The first kappa shape index (κ1) is 18.2. The molecule has 1 saturated heterocycles. The fourth-order valence-corrected chi connectivity index (χ4v) is 6.81. The number of sulfonamides is 1. The van der Waals surface area contributed by atoms with Crippen molar-refractivity contribution in [1.82, 2.24) is 4.31 Å². The average Bonchev–Trinajstić information content (AvgIpc) is 2.73. The molecule has 1 aromatic carbocycles. The maximum absolute atomic E-state index is 12.8. The zero-order valence-electron chi connectivity index (χ0n) is 12.5. The number of hydrogen-bond donors (Lipinski definition) is 1. The van der Waals surface area contributed by atoms with Gasteiger partial charge in [0.1, 0.15) is 4.90 Å². The third-order valence-corrected chi connectivity index (χ3v) is 8.44. The molecule has 0 radical (unpaired) electrons. The Hall–Kier alpha value is -1.16. The first-order valence-electron chi connectivity index (χ1n) is 6.61. The van der Waals surface area contributed by atoms with E-state index in [0.29, 0.717) is 0 Å². The third kappa shape index (κ3) is 3.37. The van der Waals surface area contributed by atoms with Crippen LogP contribution in [-0.4, -0.2) is 56.3 Å². The van der Waals surface area contributed by atoms with E-state index >= 15 is 0 Å². The Morgan fingerprint density at radius 3 is 2.48 bits per heavy atom. The molecule has 1 fully saturated rings. The molecule has 1 heterocycles. The van der Waals surface area contributed by atoms with Crippen molar-refractivity contribution in [2.75, 3.05) is 18.6 Å². The summed E-state index contributed by atoms with van der Waals surface area (Å²) in [7, 11) is -6.17. The van der Waals surface area contributed by atoms with Gasteiger partial charge in [-0.05, 0) is 31.5 Å². The average molecular weight is 382 g/mol. The summed E-state index contributed by atoms with van der Waals surface area (Å²) in [6.45, 7) is 1.55. The molecule has 7 nitrogen and oxygen atoms in total. The van der Waals surface area contributed by atoms with E-state index in [1.165, 1.54) is 19.2 Å². The van der Waals surface area contributed by atoms with Crippen LogP contribution < -0.4 is 0 Å².